The highest BCUT2D eigenvalue weighted by molar-refractivity contribution is 7.98. The summed E-state index contributed by atoms with van der Waals surface area (Å²) in [7, 11) is 2.01. The van der Waals surface area contributed by atoms with Crippen LogP contribution < -0.4 is 0 Å². The summed E-state index contributed by atoms with van der Waals surface area (Å²) in [6.07, 6.45) is 1.89. The van der Waals surface area contributed by atoms with Crippen LogP contribution in [0.4, 0.5) is 0 Å². The van der Waals surface area contributed by atoms with Crippen molar-refractivity contribution in [2.45, 2.75) is 10.9 Å². The summed E-state index contributed by atoms with van der Waals surface area (Å²) < 4.78 is 6.55. The van der Waals surface area contributed by atoms with E-state index in [2.05, 4.69) is 31.3 Å². The zero-order valence-electron chi connectivity index (χ0n) is 10.7. The Morgan fingerprint density at radius 1 is 1.30 bits per heavy atom. The van der Waals surface area contributed by atoms with Gasteiger partial charge in [-0.15, -0.1) is 5.10 Å². The summed E-state index contributed by atoms with van der Waals surface area (Å²) in [4.78, 5) is 4.46. The lowest BCUT2D eigenvalue weighted by Gasteiger charge is -2.05. The average molecular weight is 323 g/mol. The van der Waals surface area contributed by atoms with E-state index in [9.17, 15) is 0 Å². The van der Waals surface area contributed by atoms with Crippen molar-refractivity contribution in [3.05, 3.63) is 46.6 Å². The van der Waals surface area contributed by atoms with Crippen LogP contribution in [-0.2, 0) is 12.8 Å². The molecule has 0 saturated heterocycles. The second-order valence-corrected chi connectivity index (χ2v) is 6.43. The number of imidazole rings is 1. The maximum absolute atomic E-state index is 6.00. The van der Waals surface area contributed by atoms with Gasteiger partial charge in [-0.3, -0.25) is 0 Å². The molecule has 2 aromatic heterocycles. The Hall–Kier alpha value is -1.37. The Labute approximate surface area is 130 Å². The molecule has 2 heterocycles. The van der Waals surface area contributed by atoms with Gasteiger partial charge in [-0.05, 0) is 5.56 Å². The van der Waals surface area contributed by atoms with Gasteiger partial charge < -0.3 is 4.57 Å². The molecule has 0 fully saturated rings. The molecule has 0 spiro atoms. The Morgan fingerprint density at radius 3 is 2.80 bits per heavy atom. The molecule has 0 radical (unpaired) electrons. The third-order valence-electron chi connectivity index (χ3n) is 2.86. The molecule has 7 heteroatoms. The second-order valence-electron chi connectivity index (χ2n) is 4.13. The minimum atomic E-state index is 0.648. The second kappa shape index (κ2) is 5.95. The third-order valence-corrected chi connectivity index (χ3v) is 4.90. The van der Waals surface area contributed by atoms with Gasteiger partial charge in [-0.25, -0.2) is 4.98 Å². The van der Waals surface area contributed by atoms with E-state index in [4.69, 9.17) is 11.6 Å². The van der Waals surface area contributed by atoms with Crippen LogP contribution in [0.5, 0.6) is 0 Å². The van der Waals surface area contributed by atoms with E-state index in [0.29, 0.717) is 10.1 Å². The van der Waals surface area contributed by atoms with Crippen LogP contribution >= 0.6 is 34.9 Å². The van der Waals surface area contributed by atoms with Crippen molar-refractivity contribution in [2.75, 3.05) is 0 Å². The van der Waals surface area contributed by atoms with Crippen molar-refractivity contribution in [1.82, 2.24) is 19.1 Å². The molecule has 3 rings (SSSR count). The van der Waals surface area contributed by atoms with Crippen molar-refractivity contribution in [3.63, 3.8) is 0 Å². The van der Waals surface area contributed by atoms with Crippen molar-refractivity contribution in [1.29, 1.82) is 0 Å². The third kappa shape index (κ3) is 2.72. The van der Waals surface area contributed by atoms with Gasteiger partial charge in [0.15, 0.2) is 5.16 Å². The molecule has 0 N–H and O–H groups in total. The van der Waals surface area contributed by atoms with Crippen LogP contribution in [0.3, 0.4) is 0 Å². The molecule has 0 amide bonds. The van der Waals surface area contributed by atoms with Crippen molar-refractivity contribution in [2.24, 2.45) is 7.05 Å². The van der Waals surface area contributed by atoms with Gasteiger partial charge in [-0.2, -0.15) is 0 Å². The first-order valence-corrected chi connectivity index (χ1v) is 8.06. The topological polar surface area (TPSA) is 43.6 Å². The van der Waals surface area contributed by atoms with Crippen LogP contribution in [0.15, 0.2) is 41.7 Å². The van der Waals surface area contributed by atoms with Crippen molar-refractivity contribution < 1.29 is 0 Å². The Balaban J connectivity index is 1.79. The van der Waals surface area contributed by atoms with E-state index in [-0.39, 0.29) is 0 Å². The monoisotopic (exact) mass is 322 g/mol. The number of nitrogens with zero attached hydrogens (tertiary/aromatic N) is 4. The molecule has 0 saturated carbocycles. The van der Waals surface area contributed by atoms with E-state index >= 15 is 0 Å². The van der Waals surface area contributed by atoms with Gasteiger partial charge in [-0.1, -0.05) is 58.2 Å². The van der Waals surface area contributed by atoms with Gasteiger partial charge in [0.2, 0.25) is 0 Å². The smallest absolute Gasteiger partial charge is 0.168 e. The maximum Gasteiger partial charge on any atom is 0.168 e. The summed E-state index contributed by atoms with van der Waals surface area (Å²) in [5, 5.41) is 4.94. The molecule has 0 aliphatic carbocycles. The first-order valence-electron chi connectivity index (χ1n) is 5.92. The molecule has 4 nitrogen and oxygen atoms in total. The minimum Gasteiger partial charge on any atom is -0.322 e. The fourth-order valence-electron chi connectivity index (χ4n) is 1.82. The molecule has 0 unspecified atom stereocenters. The van der Waals surface area contributed by atoms with Gasteiger partial charge in [0.05, 0.1) is 11.9 Å². The molecule has 0 atom stereocenters. The Kier molecular flexibility index (Phi) is 4.05. The van der Waals surface area contributed by atoms with Crippen LogP contribution in [-0.4, -0.2) is 19.1 Å². The first kappa shape index (κ1) is 13.6. The van der Waals surface area contributed by atoms with Gasteiger partial charge in [0.1, 0.15) is 10.0 Å². The lowest BCUT2D eigenvalue weighted by atomic mass is 10.2. The van der Waals surface area contributed by atoms with Crippen molar-refractivity contribution in [3.8, 4) is 11.3 Å². The number of halogens is 1. The highest BCUT2D eigenvalue weighted by atomic mass is 35.5. The molecule has 102 valence electrons. The van der Waals surface area contributed by atoms with E-state index < -0.39 is 0 Å². The van der Waals surface area contributed by atoms with E-state index in [1.54, 1.807) is 11.8 Å². The predicted octanol–water partition coefficient (Wildman–Crippen LogP) is 3.88. The molecule has 3 aromatic rings. The highest BCUT2D eigenvalue weighted by Crippen LogP contribution is 2.29. The molecule has 20 heavy (non-hydrogen) atoms. The number of rotatable bonds is 4. The van der Waals surface area contributed by atoms with Crippen LogP contribution in [0, 0.1) is 0 Å². The molecular weight excluding hydrogens is 312 g/mol. The number of hydrogen-bond acceptors (Lipinski definition) is 5. The predicted molar refractivity (Wildman–Crippen MR) is 83.1 cm³/mol. The van der Waals surface area contributed by atoms with E-state index in [0.717, 1.165) is 22.1 Å². The lowest BCUT2D eigenvalue weighted by molar-refractivity contribution is 0.796. The van der Waals surface area contributed by atoms with Crippen LogP contribution in [0.1, 0.15) is 5.69 Å². The summed E-state index contributed by atoms with van der Waals surface area (Å²) in [5.74, 6) is 0.675. The summed E-state index contributed by atoms with van der Waals surface area (Å²) in [6.45, 7) is 0. The zero-order chi connectivity index (χ0) is 13.9. The SMILES string of the molecule is Cn1c(-c2ccccc2)cnc1SCc1nnsc1Cl. The van der Waals surface area contributed by atoms with Crippen LogP contribution in [0.25, 0.3) is 11.3 Å². The van der Waals surface area contributed by atoms with Crippen molar-refractivity contribution >= 4 is 34.9 Å². The molecule has 1 aromatic carbocycles. The normalized spacial score (nSPS) is 10.9. The molecule has 0 aliphatic heterocycles. The summed E-state index contributed by atoms with van der Waals surface area (Å²) in [5.41, 5.74) is 3.06. The number of benzene rings is 1. The molecular formula is C13H11ClN4S2. The summed E-state index contributed by atoms with van der Waals surface area (Å²) >= 11 is 8.82. The van der Waals surface area contributed by atoms with Gasteiger partial charge >= 0.3 is 0 Å². The highest BCUT2D eigenvalue weighted by Gasteiger charge is 2.11. The standard InChI is InChI=1S/C13H11ClN4S2/c1-18-11(9-5-3-2-4-6-9)7-15-13(18)19-8-10-12(14)20-17-16-10/h2-7H,8H2,1H3. The number of hydrogen-bond donors (Lipinski definition) is 0. The largest absolute Gasteiger partial charge is 0.322 e. The number of aromatic nitrogens is 4. The summed E-state index contributed by atoms with van der Waals surface area (Å²) in [6, 6.07) is 10.2. The Bertz CT molecular complexity index is 708. The van der Waals surface area contributed by atoms with E-state index in [1.165, 1.54) is 11.5 Å². The lowest BCUT2D eigenvalue weighted by Crippen LogP contribution is -1.94. The van der Waals surface area contributed by atoms with Gasteiger partial charge in [0.25, 0.3) is 0 Å². The fourth-order valence-corrected chi connectivity index (χ4v) is 3.50. The Morgan fingerprint density at radius 2 is 2.10 bits per heavy atom. The van der Waals surface area contributed by atoms with E-state index in [1.807, 2.05) is 31.4 Å². The van der Waals surface area contributed by atoms with Crippen LogP contribution in [0.2, 0.25) is 4.34 Å². The minimum absolute atomic E-state index is 0.648. The van der Waals surface area contributed by atoms with Gasteiger partial charge in [0, 0.05) is 24.3 Å². The maximum atomic E-state index is 6.00. The number of thioether (sulfide) groups is 1. The molecule has 0 bridgehead atoms. The zero-order valence-corrected chi connectivity index (χ0v) is 13.0. The fraction of sp³-hybridized carbons (Fsp3) is 0.154. The first-order chi connectivity index (χ1) is 9.75. The quantitative estimate of drug-likeness (QED) is 0.684. The molecule has 0 aliphatic rings. The average Bonchev–Trinajstić information content (AvgIpc) is 3.04.